The van der Waals surface area contributed by atoms with Crippen LogP contribution in [-0.4, -0.2) is 62.4 Å². The Bertz CT molecular complexity index is 375. The van der Waals surface area contributed by atoms with E-state index in [-0.39, 0.29) is 0 Å². The van der Waals surface area contributed by atoms with E-state index >= 15 is 0 Å². The van der Waals surface area contributed by atoms with Gasteiger partial charge < -0.3 is 15.0 Å². The van der Waals surface area contributed by atoms with Crippen LogP contribution in [0.5, 0.6) is 0 Å². The van der Waals surface area contributed by atoms with E-state index in [0.29, 0.717) is 0 Å². The lowest BCUT2D eigenvalue weighted by Crippen LogP contribution is -2.40. The first kappa shape index (κ1) is 15.7. The van der Waals surface area contributed by atoms with Crippen LogP contribution in [0, 0.1) is 0 Å². The Hall–Kier alpha value is -0.690. The van der Waals surface area contributed by atoms with Gasteiger partial charge in [-0.2, -0.15) is 0 Å². The van der Waals surface area contributed by atoms with Gasteiger partial charge in [-0.1, -0.05) is 0 Å². The van der Waals surface area contributed by atoms with Gasteiger partial charge in [0.15, 0.2) is 5.13 Å². The molecule has 0 aromatic carbocycles. The number of thiazole rings is 1. The number of anilines is 1. The lowest BCUT2D eigenvalue weighted by Gasteiger charge is -2.26. The van der Waals surface area contributed by atoms with Crippen LogP contribution in [0.15, 0.2) is 6.20 Å². The normalized spacial score (nSPS) is 16.5. The van der Waals surface area contributed by atoms with Crippen molar-refractivity contribution in [3.05, 3.63) is 11.1 Å². The van der Waals surface area contributed by atoms with Crippen LogP contribution >= 0.6 is 11.3 Å². The summed E-state index contributed by atoms with van der Waals surface area (Å²) in [5.74, 6) is 0. The summed E-state index contributed by atoms with van der Waals surface area (Å²) in [6.07, 6.45) is 2.00. The lowest BCUT2D eigenvalue weighted by atomic mass is 10.4. The minimum Gasteiger partial charge on any atom is -0.379 e. The van der Waals surface area contributed by atoms with Crippen LogP contribution < -0.4 is 10.2 Å². The van der Waals surface area contributed by atoms with E-state index in [9.17, 15) is 0 Å². The van der Waals surface area contributed by atoms with Gasteiger partial charge in [0.1, 0.15) is 0 Å². The maximum atomic E-state index is 5.35. The highest BCUT2D eigenvalue weighted by atomic mass is 32.1. The minimum absolute atomic E-state index is 0.877. The maximum absolute atomic E-state index is 5.35. The number of rotatable bonds is 8. The number of hydrogen-bond donors (Lipinski definition) is 1. The molecule has 0 spiro atoms. The third-order valence-corrected chi connectivity index (χ3v) is 4.64. The second-order valence-corrected chi connectivity index (χ2v) is 6.01. The van der Waals surface area contributed by atoms with E-state index in [1.54, 1.807) is 11.3 Å². The first-order valence-electron chi connectivity index (χ1n) is 7.54. The molecule has 2 rings (SSSR count). The zero-order valence-corrected chi connectivity index (χ0v) is 13.4. The molecule has 0 bridgehead atoms. The van der Waals surface area contributed by atoms with Crippen molar-refractivity contribution in [2.45, 2.75) is 20.4 Å². The van der Waals surface area contributed by atoms with Crippen molar-refractivity contribution in [2.24, 2.45) is 0 Å². The van der Waals surface area contributed by atoms with Crippen LogP contribution in [0.25, 0.3) is 0 Å². The first-order chi connectivity index (χ1) is 9.83. The Balaban J connectivity index is 1.66. The Morgan fingerprint density at radius 2 is 2.10 bits per heavy atom. The Morgan fingerprint density at radius 1 is 1.35 bits per heavy atom. The molecule has 0 unspecified atom stereocenters. The topological polar surface area (TPSA) is 40.6 Å². The summed E-state index contributed by atoms with van der Waals surface area (Å²) in [5, 5.41) is 4.65. The summed E-state index contributed by atoms with van der Waals surface area (Å²) >= 11 is 1.79. The smallest absolute Gasteiger partial charge is 0.185 e. The summed E-state index contributed by atoms with van der Waals surface area (Å²) < 4.78 is 5.35. The predicted octanol–water partition coefficient (Wildman–Crippen LogP) is 1.41. The van der Waals surface area contributed by atoms with E-state index < -0.39 is 0 Å². The molecule has 1 aliphatic heterocycles. The van der Waals surface area contributed by atoms with E-state index in [1.165, 1.54) is 4.88 Å². The fourth-order valence-electron chi connectivity index (χ4n) is 2.29. The van der Waals surface area contributed by atoms with Crippen molar-refractivity contribution in [1.82, 2.24) is 15.2 Å². The maximum Gasteiger partial charge on any atom is 0.185 e. The highest BCUT2D eigenvalue weighted by Gasteiger charge is 2.10. The molecule has 1 aromatic rings. The highest BCUT2D eigenvalue weighted by molar-refractivity contribution is 7.15. The molecule has 0 atom stereocenters. The van der Waals surface area contributed by atoms with Gasteiger partial charge in [0.05, 0.1) is 13.2 Å². The van der Waals surface area contributed by atoms with Gasteiger partial charge in [0.2, 0.25) is 0 Å². The van der Waals surface area contributed by atoms with Gasteiger partial charge >= 0.3 is 0 Å². The molecule has 0 saturated carbocycles. The molecule has 0 aliphatic carbocycles. The second-order valence-electron chi connectivity index (χ2n) is 4.91. The molecule has 2 heterocycles. The van der Waals surface area contributed by atoms with Crippen LogP contribution in [-0.2, 0) is 11.3 Å². The first-order valence-corrected chi connectivity index (χ1v) is 8.35. The molecule has 0 amide bonds. The van der Waals surface area contributed by atoms with Crippen LogP contribution in [0.4, 0.5) is 5.13 Å². The van der Waals surface area contributed by atoms with Crippen molar-refractivity contribution in [2.75, 3.05) is 57.4 Å². The fraction of sp³-hybridized carbons (Fsp3) is 0.786. The second kappa shape index (κ2) is 8.56. The van der Waals surface area contributed by atoms with Gasteiger partial charge in [-0.25, -0.2) is 4.98 Å². The molecule has 1 N–H and O–H groups in total. The van der Waals surface area contributed by atoms with Gasteiger partial charge in [0, 0.05) is 56.9 Å². The average molecular weight is 298 g/mol. The molecule has 6 heteroatoms. The van der Waals surface area contributed by atoms with Gasteiger partial charge in [-0.3, -0.25) is 4.90 Å². The van der Waals surface area contributed by atoms with Crippen LogP contribution in [0.3, 0.4) is 0 Å². The molecule has 1 fully saturated rings. The summed E-state index contributed by atoms with van der Waals surface area (Å²) in [4.78, 5) is 10.6. The van der Waals surface area contributed by atoms with Crippen LogP contribution in [0.1, 0.15) is 18.7 Å². The Labute approximate surface area is 125 Å². The number of nitrogens with one attached hydrogen (secondary N) is 1. The summed E-state index contributed by atoms with van der Waals surface area (Å²) in [5.41, 5.74) is 0. The monoisotopic (exact) mass is 298 g/mol. The third-order valence-electron chi connectivity index (χ3n) is 3.58. The molecule has 1 aliphatic rings. The molecule has 1 aromatic heterocycles. The van der Waals surface area contributed by atoms with E-state index in [0.717, 1.165) is 64.2 Å². The van der Waals surface area contributed by atoms with Crippen molar-refractivity contribution >= 4 is 16.5 Å². The molecule has 0 radical (unpaired) electrons. The number of ether oxygens (including phenoxy) is 1. The quantitative estimate of drug-likeness (QED) is 0.735. The number of nitrogens with zero attached hydrogens (tertiary/aromatic N) is 3. The Morgan fingerprint density at radius 3 is 2.80 bits per heavy atom. The predicted molar refractivity (Wildman–Crippen MR) is 84.6 cm³/mol. The number of aromatic nitrogens is 1. The third kappa shape index (κ3) is 4.70. The Kier molecular flexibility index (Phi) is 6.72. The number of morpholine rings is 1. The average Bonchev–Trinajstić information content (AvgIpc) is 2.95. The zero-order valence-electron chi connectivity index (χ0n) is 12.6. The molecular weight excluding hydrogens is 272 g/mol. The molecule has 1 saturated heterocycles. The molecule has 114 valence electrons. The summed E-state index contributed by atoms with van der Waals surface area (Å²) in [6, 6.07) is 0. The van der Waals surface area contributed by atoms with Gasteiger partial charge in [-0.15, -0.1) is 11.3 Å². The van der Waals surface area contributed by atoms with Gasteiger partial charge in [-0.05, 0) is 13.8 Å². The summed E-state index contributed by atoms with van der Waals surface area (Å²) in [7, 11) is 0. The number of hydrogen-bond acceptors (Lipinski definition) is 6. The molecular formula is C14H26N4OS. The van der Waals surface area contributed by atoms with E-state index in [1.807, 2.05) is 6.20 Å². The summed E-state index contributed by atoms with van der Waals surface area (Å²) in [6.45, 7) is 13.3. The van der Waals surface area contributed by atoms with Gasteiger partial charge in [0.25, 0.3) is 0 Å². The van der Waals surface area contributed by atoms with Crippen molar-refractivity contribution in [3.63, 3.8) is 0 Å². The SMILES string of the molecule is CCN(CC)c1ncc(CNCCN2CCOCC2)s1. The van der Waals surface area contributed by atoms with Crippen molar-refractivity contribution < 1.29 is 4.74 Å². The minimum atomic E-state index is 0.877. The van der Waals surface area contributed by atoms with Crippen LogP contribution in [0.2, 0.25) is 0 Å². The van der Waals surface area contributed by atoms with E-state index in [4.69, 9.17) is 4.74 Å². The zero-order chi connectivity index (χ0) is 14.2. The lowest BCUT2D eigenvalue weighted by molar-refractivity contribution is 0.0384. The standard InChI is InChI=1S/C14H26N4OS/c1-3-18(4-2)14-16-12-13(20-14)11-15-5-6-17-7-9-19-10-8-17/h12,15H,3-11H2,1-2H3. The highest BCUT2D eigenvalue weighted by Crippen LogP contribution is 2.21. The fourth-order valence-corrected chi connectivity index (χ4v) is 3.30. The molecule has 20 heavy (non-hydrogen) atoms. The largest absolute Gasteiger partial charge is 0.379 e. The van der Waals surface area contributed by atoms with Crippen molar-refractivity contribution in [1.29, 1.82) is 0 Å². The van der Waals surface area contributed by atoms with Crippen molar-refractivity contribution in [3.8, 4) is 0 Å². The molecule has 5 nitrogen and oxygen atoms in total. The van der Waals surface area contributed by atoms with E-state index in [2.05, 4.69) is 33.9 Å².